The zero-order valence-corrected chi connectivity index (χ0v) is 7.41. The highest BCUT2D eigenvalue weighted by Gasteiger charge is 2.09. The topological polar surface area (TPSA) is 24.4 Å². The quantitative estimate of drug-likeness (QED) is 0.564. The molecule has 2 heterocycles. The van der Waals surface area contributed by atoms with Gasteiger partial charge in [-0.3, -0.25) is 0 Å². The third kappa shape index (κ3) is 1.51. The molecule has 4 heteroatoms. The van der Waals surface area contributed by atoms with Crippen LogP contribution in [0.2, 0.25) is 0 Å². The fourth-order valence-electron chi connectivity index (χ4n) is 1.13. The van der Waals surface area contributed by atoms with E-state index in [1.165, 1.54) is 0 Å². The van der Waals surface area contributed by atoms with Crippen LogP contribution in [0.15, 0.2) is 48.0 Å². The molecule has 0 aromatic carbocycles. The summed E-state index contributed by atoms with van der Waals surface area (Å²) in [5, 5.41) is 5.95. The zero-order valence-electron chi connectivity index (χ0n) is 7.41. The van der Waals surface area contributed by atoms with Crippen molar-refractivity contribution in [1.29, 1.82) is 0 Å². The normalized spacial score (nSPS) is 15.0. The molecule has 0 spiro atoms. The average Bonchev–Trinajstić information content (AvgIpc) is 2.43. The Hall–Kier alpha value is -1.84. The molecule has 1 aliphatic heterocycles. The number of rotatable bonds is 1. The van der Waals surface area contributed by atoms with Gasteiger partial charge in [-0.15, -0.1) is 0 Å². The summed E-state index contributed by atoms with van der Waals surface area (Å²) in [7, 11) is 1.96. The van der Waals surface area contributed by atoms with Crippen LogP contribution >= 0.6 is 0 Å². The van der Waals surface area contributed by atoms with E-state index in [0.29, 0.717) is 0 Å². The first-order valence-electron chi connectivity index (χ1n) is 4.08. The van der Waals surface area contributed by atoms with Crippen LogP contribution in [-0.4, -0.2) is 11.0 Å². The summed E-state index contributed by atoms with van der Waals surface area (Å²) in [6.07, 6.45) is 13.3. The van der Waals surface area contributed by atoms with E-state index < -0.39 is 0 Å². The Kier molecular flexibility index (Phi) is 1.96. The van der Waals surface area contributed by atoms with Crippen LogP contribution in [0, 0.1) is 0 Å². The highest BCUT2D eigenvalue weighted by Crippen LogP contribution is 1.93. The Morgan fingerprint density at radius 3 is 2.92 bits per heavy atom. The Morgan fingerprint density at radius 1 is 1.23 bits per heavy atom. The van der Waals surface area contributed by atoms with Gasteiger partial charge in [-0.25, -0.2) is 0 Å². The van der Waals surface area contributed by atoms with Crippen LogP contribution in [0.3, 0.4) is 0 Å². The molecule has 66 valence electrons. The number of allylic oxidation sites excluding steroid dienone is 3. The van der Waals surface area contributed by atoms with E-state index in [-0.39, 0.29) is 0 Å². The summed E-state index contributed by atoms with van der Waals surface area (Å²) in [6, 6.07) is 1.96. The smallest absolute Gasteiger partial charge is 0.144 e. The third-order valence-corrected chi connectivity index (χ3v) is 1.77. The summed E-state index contributed by atoms with van der Waals surface area (Å²) in [6.45, 7) is 0. The Morgan fingerprint density at radius 2 is 2.15 bits per heavy atom. The molecule has 0 bridgehead atoms. The minimum atomic E-state index is 1.75. The van der Waals surface area contributed by atoms with Gasteiger partial charge in [0, 0.05) is 6.07 Å². The molecule has 1 aliphatic rings. The average molecular weight is 175 g/mol. The van der Waals surface area contributed by atoms with Crippen molar-refractivity contribution >= 4 is 6.21 Å². The van der Waals surface area contributed by atoms with Crippen molar-refractivity contribution in [1.82, 2.24) is 4.79 Å². The highest BCUT2D eigenvalue weighted by molar-refractivity contribution is 5.72. The number of hydrogen-bond acceptors (Lipinski definition) is 2. The molecule has 1 aromatic heterocycles. The molecule has 0 fully saturated rings. The van der Waals surface area contributed by atoms with Crippen LogP contribution in [0.4, 0.5) is 0 Å². The third-order valence-electron chi connectivity index (χ3n) is 1.77. The van der Waals surface area contributed by atoms with E-state index in [9.17, 15) is 0 Å². The van der Waals surface area contributed by atoms with Crippen molar-refractivity contribution in [3.63, 3.8) is 0 Å². The van der Waals surface area contributed by atoms with E-state index in [4.69, 9.17) is 0 Å². The molecule has 1 aromatic rings. The summed E-state index contributed by atoms with van der Waals surface area (Å²) < 4.78 is 1.94. The maximum absolute atomic E-state index is 4.20. The summed E-state index contributed by atoms with van der Waals surface area (Å²) in [5.74, 6) is 0. The summed E-state index contributed by atoms with van der Waals surface area (Å²) >= 11 is 0. The second-order valence-corrected chi connectivity index (χ2v) is 2.70. The number of aromatic nitrogens is 2. The monoisotopic (exact) mass is 175 g/mol. The molecule has 4 nitrogen and oxygen atoms in total. The van der Waals surface area contributed by atoms with Gasteiger partial charge in [-0.05, 0) is 22.1 Å². The number of aryl methyl sites for hydroxylation is 1. The van der Waals surface area contributed by atoms with Crippen molar-refractivity contribution in [2.75, 3.05) is 5.12 Å². The van der Waals surface area contributed by atoms with Gasteiger partial charge >= 0.3 is 0 Å². The minimum absolute atomic E-state index is 1.75. The van der Waals surface area contributed by atoms with Gasteiger partial charge in [0.25, 0.3) is 0 Å². The molecule has 0 aliphatic carbocycles. The standard InChI is InChI=1S/C9H11N4/c1-11-7-5-9-13(11)12-8-4-2-3-6-10-12/h2-9H,1H3/q+1. The van der Waals surface area contributed by atoms with E-state index in [1.54, 1.807) is 11.3 Å². The highest BCUT2D eigenvalue weighted by atomic mass is 15.8. The Labute approximate surface area is 76.6 Å². The van der Waals surface area contributed by atoms with E-state index in [2.05, 4.69) is 5.10 Å². The fraction of sp³-hybridized carbons (Fsp3) is 0.111. The van der Waals surface area contributed by atoms with Crippen molar-refractivity contribution in [3.8, 4) is 0 Å². The second kappa shape index (κ2) is 3.26. The SMILES string of the molecule is C[n+]1cccn1N1C=CC=CC=N1. The van der Waals surface area contributed by atoms with Gasteiger partial charge in [-0.2, -0.15) is 4.68 Å². The van der Waals surface area contributed by atoms with Crippen molar-refractivity contribution in [3.05, 3.63) is 42.9 Å². The lowest BCUT2D eigenvalue weighted by atomic mass is 10.5. The Bertz CT molecular complexity index is 357. The minimum Gasteiger partial charge on any atom is -0.165 e. The summed E-state index contributed by atoms with van der Waals surface area (Å²) in [4.78, 5) is 1.89. The molecule has 0 saturated heterocycles. The molecule has 0 amide bonds. The Balaban J connectivity index is 2.32. The second-order valence-electron chi connectivity index (χ2n) is 2.70. The van der Waals surface area contributed by atoms with E-state index in [0.717, 1.165) is 0 Å². The predicted octanol–water partition coefficient (Wildman–Crippen LogP) is 0.320. The summed E-state index contributed by atoms with van der Waals surface area (Å²) in [5.41, 5.74) is 0. The van der Waals surface area contributed by atoms with Crippen LogP contribution in [0.1, 0.15) is 0 Å². The number of nitrogens with zero attached hydrogens (tertiary/aromatic N) is 4. The predicted molar refractivity (Wildman–Crippen MR) is 50.6 cm³/mol. The fourth-order valence-corrected chi connectivity index (χ4v) is 1.13. The molecule has 13 heavy (non-hydrogen) atoms. The van der Waals surface area contributed by atoms with Crippen LogP contribution in [0.5, 0.6) is 0 Å². The van der Waals surface area contributed by atoms with Gasteiger partial charge in [-0.1, -0.05) is 11.2 Å². The molecule has 0 N–H and O–H groups in total. The largest absolute Gasteiger partial charge is 0.165 e. The van der Waals surface area contributed by atoms with Crippen molar-refractivity contribution in [2.24, 2.45) is 12.1 Å². The molecule has 0 unspecified atom stereocenters. The van der Waals surface area contributed by atoms with Gasteiger partial charge in [0.2, 0.25) is 0 Å². The molecule has 0 saturated carbocycles. The van der Waals surface area contributed by atoms with E-state index >= 15 is 0 Å². The van der Waals surface area contributed by atoms with Gasteiger partial charge in [0.15, 0.2) is 0 Å². The lowest BCUT2D eigenvalue weighted by Crippen LogP contribution is -2.46. The molecule has 2 rings (SSSR count). The molecule has 0 radical (unpaired) electrons. The lowest BCUT2D eigenvalue weighted by molar-refractivity contribution is -0.752. The number of hydrogen-bond donors (Lipinski definition) is 0. The number of hydrazone groups is 1. The lowest BCUT2D eigenvalue weighted by Gasteiger charge is -2.05. The first-order valence-corrected chi connectivity index (χ1v) is 4.08. The van der Waals surface area contributed by atoms with Gasteiger partial charge in [0.1, 0.15) is 19.4 Å². The van der Waals surface area contributed by atoms with Crippen molar-refractivity contribution in [2.45, 2.75) is 0 Å². The zero-order chi connectivity index (χ0) is 9.10. The van der Waals surface area contributed by atoms with Gasteiger partial charge in [0.05, 0.1) is 12.4 Å². The van der Waals surface area contributed by atoms with E-state index in [1.807, 2.05) is 59.4 Å². The van der Waals surface area contributed by atoms with Crippen LogP contribution in [-0.2, 0) is 7.05 Å². The van der Waals surface area contributed by atoms with Crippen molar-refractivity contribution < 1.29 is 4.68 Å². The van der Waals surface area contributed by atoms with Crippen LogP contribution in [0.25, 0.3) is 0 Å². The molecular weight excluding hydrogens is 164 g/mol. The van der Waals surface area contributed by atoms with Gasteiger partial charge < -0.3 is 0 Å². The first-order chi connectivity index (χ1) is 6.38. The maximum atomic E-state index is 4.20. The molecule has 0 atom stereocenters. The maximum Gasteiger partial charge on any atom is 0.144 e. The van der Waals surface area contributed by atoms with Crippen LogP contribution < -0.4 is 9.80 Å². The molecular formula is C9H11N4+. The first kappa shape index (κ1) is 7.79.